The molecule has 23 heavy (non-hydrogen) atoms. The van der Waals surface area contributed by atoms with Gasteiger partial charge in [0.05, 0.1) is 6.10 Å². The zero-order valence-corrected chi connectivity index (χ0v) is 13.9. The van der Waals surface area contributed by atoms with Crippen LogP contribution in [0.25, 0.3) is 0 Å². The fraction of sp³-hybridized carbons (Fsp3) is 0.350. The van der Waals surface area contributed by atoms with Crippen molar-refractivity contribution in [2.24, 2.45) is 0 Å². The smallest absolute Gasteiger partial charge is 0.159 e. The average Bonchev–Trinajstić information content (AvgIpc) is 3.17. The van der Waals surface area contributed by atoms with Crippen LogP contribution in [-0.4, -0.2) is 24.1 Å². The Bertz CT molecular complexity index is 524. The molecule has 0 amide bonds. The van der Waals surface area contributed by atoms with Crippen molar-refractivity contribution in [1.82, 2.24) is 0 Å². The molecule has 1 atom stereocenters. The topological polar surface area (TPSA) is 46.5 Å². The van der Waals surface area contributed by atoms with Crippen LogP contribution in [0.15, 0.2) is 60.7 Å². The van der Waals surface area contributed by atoms with Gasteiger partial charge in [0.15, 0.2) is 5.78 Å². The van der Waals surface area contributed by atoms with E-state index in [2.05, 4.69) is 0 Å². The number of ketones is 1. The van der Waals surface area contributed by atoms with Gasteiger partial charge >= 0.3 is 0 Å². The molecule has 1 fully saturated rings. The number of carbonyl (C=O) groups excluding carboxylic acids is 1. The van der Waals surface area contributed by atoms with Crippen molar-refractivity contribution >= 4 is 5.78 Å². The molecular formula is C20H26O3. The maximum atomic E-state index is 10.6. The van der Waals surface area contributed by atoms with Crippen molar-refractivity contribution < 1.29 is 14.6 Å². The highest BCUT2D eigenvalue weighted by molar-refractivity contribution is 5.93. The van der Waals surface area contributed by atoms with Gasteiger partial charge in [-0.05, 0) is 32.3 Å². The molecule has 3 heteroatoms. The molecule has 1 heterocycles. The normalized spacial score (nSPS) is 13.9. The highest BCUT2D eigenvalue weighted by Crippen LogP contribution is 2.09. The van der Waals surface area contributed by atoms with Gasteiger partial charge in [0.2, 0.25) is 0 Å². The van der Waals surface area contributed by atoms with Gasteiger partial charge in [-0.1, -0.05) is 60.7 Å². The maximum Gasteiger partial charge on any atom is 0.159 e. The molecule has 0 saturated carbocycles. The minimum Gasteiger partial charge on any atom is -0.389 e. The van der Waals surface area contributed by atoms with Gasteiger partial charge in [-0.15, -0.1) is 0 Å². The number of rotatable bonds is 2. The van der Waals surface area contributed by atoms with Crippen molar-refractivity contribution in [3.8, 4) is 0 Å². The fourth-order valence-electron chi connectivity index (χ4n) is 1.91. The molecule has 1 N–H and O–H groups in total. The average molecular weight is 314 g/mol. The standard InChI is InChI=1S/C8H10O.C8H8O.C4H8O/c2*1-7(9)8-5-3-2-4-6-8;1-2-4-5-3-1/h2-7,9H,1H3;2-6H,1H3;1-4H2. The fourth-order valence-corrected chi connectivity index (χ4v) is 1.91. The van der Waals surface area contributed by atoms with Crippen LogP contribution < -0.4 is 0 Å². The predicted molar refractivity (Wildman–Crippen MR) is 93.6 cm³/mol. The zero-order chi connectivity index (χ0) is 16.9. The summed E-state index contributed by atoms with van der Waals surface area (Å²) in [5, 5.41) is 9.02. The summed E-state index contributed by atoms with van der Waals surface area (Å²) in [5.74, 6) is 0.121. The molecule has 1 unspecified atom stereocenters. The Morgan fingerprint density at radius 2 is 1.43 bits per heavy atom. The van der Waals surface area contributed by atoms with E-state index in [1.165, 1.54) is 12.8 Å². The summed E-state index contributed by atoms with van der Waals surface area (Å²) in [6.07, 6.45) is 2.21. The second-order valence-corrected chi connectivity index (χ2v) is 5.33. The Kier molecular flexibility index (Phi) is 9.60. The number of ether oxygens (including phenoxy) is 1. The summed E-state index contributed by atoms with van der Waals surface area (Å²) in [5.41, 5.74) is 1.75. The lowest BCUT2D eigenvalue weighted by Gasteiger charge is -2.00. The first kappa shape index (κ1) is 19.1. The summed E-state index contributed by atoms with van der Waals surface area (Å²) >= 11 is 0. The molecule has 1 aliphatic rings. The summed E-state index contributed by atoms with van der Waals surface area (Å²) in [7, 11) is 0. The number of aliphatic hydroxyl groups excluding tert-OH is 1. The quantitative estimate of drug-likeness (QED) is 0.834. The molecule has 0 spiro atoms. The van der Waals surface area contributed by atoms with Gasteiger partial charge < -0.3 is 9.84 Å². The van der Waals surface area contributed by atoms with Gasteiger partial charge in [-0.3, -0.25) is 4.79 Å². The van der Waals surface area contributed by atoms with Crippen molar-refractivity contribution in [3.63, 3.8) is 0 Å². The van der Waals surface area contributed by atoms with E-state index in [1.807, 2.05) is 60.7 Å². The van der Waals surface area contributed by atoms with E-state index in [4.69, 9.17) is 9.84 Å². The third-order valence-electron chi connectivity index (χ3n) is 3.29. The lowest BCUT2D eigenvalue weighted by molar-refractivity contribution is 0.101. The summed E-state index contributed by atoms with van der Waals surface area (Å²) in [6.45, 7) is 5.32. The highest BCUT2D eigenvalue weighted by atomic mass is 16.5. The first-order valence-corrected chi connectivity index (χ1v) is 7.98. The van der Waals surface area contributed by atoms with E-state index < -0.39 is 0 Å². The Morgan fingerprint density at radius 3 is 1.70 bits per heavy atom. The van der Waals surface area contributed by atoms with Crippen molar-refractivity contribution in [2.45, 2.75) is 32.8 Å². The minimum atomic E-state index is -0.341. The summed E-state index contributed by atoms with van der Waals surface area (Å²) in [4.78, 5) is 10.6. The molecule has 0 aromatic heterocycles. The first-order chi connectivity index (χ1) is 11.1. The molecule has 3 nitrogen and oxygen atoms in total. The summed E-state index contributed by atoms with van der Waals surface area (Å²) in [6, 6.07) is 18.8. The Balaban J connectivity index is 0.000000180. The van der Waals surface area contributed by atoms with Crippen LogP contribution >= 0.6 is 0 Å². The van der Waals surface area contributed by atoms with Gasteiger partial charge in [0, 0.05) is 18.8 Å². The van der Waals surface area contributed by atoms with E-state index in [1.54, 1.807) is 13.8 Å². The Hall–Kier alpha value is -1.97. The van der Waals surface area contributed by atoms with Crippen molar-refractivity contribution in [2.75, 3.05) is 13.2 Å². The van der Waals surface area contributed by atoms with Crippen molar-refractivity contribution in [3.05, 3.63) is 71.8 Å². The van der Waals surface area contributed by atoms with Gasteiger partial charge in [-0.2, -0.15) is 0 Å². The lowest BCUT2D eigenvalue weighted by atomic mass is 10.1. The molecule has 2 aromatic rings. The first-order valence-electron chi connectivity index (χ1n) is 7.98. The number of benzene rings is 2. The SMILES string of the molecule is C1CCOC1.CC(=O)c1ccccc1.CC(O)c1ccccc1. The molecule has 0 radical (unpaired) electrons. The van der Waals surface area contributed by atoms with E-state index in [0.29, 0.717) is 0 Å². The third-order valence-corrected chi connectivity index (χ3v) is 3.29. The van der Waals surface area contributed by atoms with E-state index in [-0.39, 0.29) is 11.9 Å². The number of Topliss-reactive ketones (excluding diaryl/α,β-unsaturated/α-hetero) is 1. The van der Waals surface area contributed by atoms with Crippen LogP contribution in [0.4, 0.5) is 0 Å². The zero-order valence-electron chi connectivity index (χ0n) is 13.9. The van der Waals surface area contributed by atoms with Crippen LogP contribution in [0.1, 0.15) is 48.7 Å². The molecule has 0 bridgehead atoms. The third kappa shape index (κ3) is 8.91. The highest BCUT2D eigenvalue weighted by Gasteiger charge is 1.95. The van der Waals surface area contributed by atoms with Crippen molar-refractivity contribution in [1.29, 1.82) is 0 Å². The number of carbonyl (C=O) groups is 1. The van der Waals surface area contributed by atoms with Crippen LogP contribution in [0.3, 0.4) is 0 Å². The largest absolute Gasteiger partial charge is 0.389 e. The van der Waals surface area contributed by atoms with Crippen LogP contribution in [-0.2, 0) is 4.74 Å². The van der Waals surface area contributed by atoms with E-state index in [9.17, 15) is 4.79 Å². The molecule has 1 aliphatic heterocycles. The Labute approximate surface area is 138 Å². The van der Waals surface area contributed by atoms with Crippen LogP contribution in [0.5, 0.6) is 0 Å². The number of aliphatic hydroxyl groups is 1. The summed E-state index contributed by atoms with van der Waals surface area (Å²) < 4.78 is 4.94. The van der Waals surface area contributed by atoms with E-state index in [0.717, 1.165) is 24.3 Å². The van der Waals surface area contributed by atoms with Crippen LogP contribution in [0.2, 0.25) is 0 Å². The predicted octanol–water partition coefficient (Wildman–Crippen LogP) is 4.43. The van der Waals surface area contributed by atoms with Gasteiger partial charge in [0.1, 0.15) is 0 Å². The van der Waals surface area contributed by atoms with E-state index >= 15 is 0 Å². The monoisotopic (exact) mass is 314 g/mol. The second kappa shape index (κ2) is 11.6. The molecule has 3 rings (SSSR count). The maximum absolute atomic E-state index is 10.6. The lowest BCUT2D eigenvalue weighted by Crippen LogP contribution is -1.88. The molecular weight excluding hydrogens is 288 g/mol. The van der Waals surface area contributed by atoms with Gasteiger partial charge in [-0.25, -0.2) is 0 Å². The number of hydrogen-bond acceptors (Lipinski definition) is 3. The minimum absolute atomic E-state index is 0.121. The molecule has 124 valence electrons. The molecule has 1 saturated heterocycles. The Morgan fingerprint density at radius 1 is 0.957 bits per heavy atom. The molecule has 2 aromatic carbocycles. The van der Waals surface area contributed by atoms with Gasteiger partial charge in [0.25, 0.3) is 0 Å². The second-order valence-electron chi connectivity index (χ2n) is 5.33. The van der Waals surface area contributed by atoms with Crippen LogP contribution in [0, 0.1) is 0 Å². The number of hydrogen-bond donors (Lipinski definition) is 1. The molecule has 0 aliphatic carbocycles.